The van der Waals surface area contributed by atoms with Crippen LogP contribution in [0.2, 0.25) is 0 Å². The number of carboxylic acid groups (broad SMARTS) is 1. The lowest BCUT2D eigenvalue weighted by Gasteiger charge is -2.20. The van der Waals surface area contributed by atoms with Crippen molar-refractivity contribution in [3.63, 3.8) is 0 Å². The number of hydrogen-bond acceptors (Lipinski definition) is 4. The van der Waals surface area contributed by atoms with E-state index in [2.05, 4.69) is 0 Å². The Balaban J connectivity index is 2.20. The predicted molar refractivity (Wildman–Crippen MR) is 81.4 cm³/mol. The van der Waals surface area contributed by atoms with E-state index in [0.717, 1.165) is 16.7 Å². The molecule has 1 aromatic rings. The lowest BCUT2D eigenvalue weighted by Crippen LogP contribution is -2.31. The van der Waals surface area contributed by atoms with Gasteiger partial charge in [0.05, 0.1) is 11.0 Å². The summed E-state index contributed by atoms with van der Waals surface area (Å²) in [7, 11) is -3.58. The number of carbonyl (C=O) groups is 1. The van der Waals surface area contributed by atoms with E-state index in [1.54, 1.807) is 13.8 Å². The van der Waals surface area contributed by atoms with E-state index in [1.165, 1.54) is 4.31 Å². The number of carboxylic acids is 1. The van der Waals surface area contributed by atoms with Crippen molar-refractivity contribution < 1.29 is 23.1 Å². The highest BCUT2D eigenvalue weighted by Gasteiger charge is 2.34. The van der Waals surface area contributed by atoms with Crippen LogP contribution < -0.4 is 0 Å². The van der Waals surface area contributed by atoms with E-state index in [1.807, 2.05) is 19.1 Å². The molecule has 122 valence electrons. The molecule has 1 atom stereocenters. The molecule has 1 aromatic carbocycles. The van der Waals surface area contributed by atoms with Crippen molar-refractivity contribution in [3.05, 3.63) is 28.8 Å². The zero-order valence-corrected chi connectivity index (χ0v) is 13.8. The fourth-order valence-electron chi connectivity index (χ4n) is 2.94. The topological polar surface area (TPSA) is 83.9 Å². The monoisotopic (exact) mass is 327 g/mol. The molecule has 1 aliphatic rings. The summed E-state index contributed by atoms with van der Waals surface area (Å²) in [6, 6.07) is 3.71. The van der Waals surface area contributed by atoms with Crippen LogP contribution in [0.3, 0.4) is 0 Å². The molecule has 0 bridgehead atoms. The Labute approximate surface area is 130 Å². The number of sulfonamides is 1. The van der Waals surface area contributed by atoms with Gasteiger partial charge >= 0.3 is 5.97 Å². The van der Waals surface area contributed by atoms with Crippen LogP contribution in [0.5, 0.6) is 0 Å². The molecule has 0 aromatic heterocycles. The van der Waals surface area contributed by atoms with Crippen molar-refractivity contribution in [1.82, 2.24) is 4.31 Å². The molecule has 1 N–H and O–H groups in total. The van der Waals surface area contributed by atoms with Gasteiger partial charge in [0.2, 0.25) is 10.0 Å². The van der Waals surface area contributed by atoms with Crippen LogP contribution in [-0.2, 0) is 19.6 Å². The number of nitrogens with zero attached hydrogens (tertiary/aromatic N) is 1. The van der Waals surface area contributed by atoms with E-state index in [-0.39, 0.29) is 12.6 Å². The summed E-state index contributed by atoms with van der Waals surface area (Å²) in [6.45, 7) is 5.66. The van der Waals surface area contributed by atoms with Crippen molar-refractivity contribution >= 4 is 16.0 Å². The van der Waals surface area contributed by atoms with Crippen molar-refractivity contribution in [3.8, 4) is 0 Å². The van der Waals surface area contributed by atoms with Gasteiger partial charge in [-0.05, 0) is 38.3 Å². The number of rotatable bonds is 5. The van der Waals surface area contributed by atoms with E-state index in [4.69, 9.17) is 9.84 Å². The lowest BCUT2D eigenvalue weighted by molar-refractivity contribution is -0.144. The maximum atomic E-state index is 12.8. The molecule has 1 fully saturated rings. The van der Waals surface area contributed by atoms with Crippen molar-refractivity contribution in [2.45, 2.75) is 38.2 Å². The van der Waals surface area contributed by atoms with E-state index < -0.39 is 22.6 Å². The number of aliphatic carboxylic acids is 1. The molecule has 0 radical (unpaired) electrons. The minimum absolute atomic E-state index is 0.197. The molecule has 2 rings (SSSR count). The van der Waals surface area contributed by atoms with Gasteiger partial charge in [0.15, 0.2) is 0 Å². The van der Waals surface area contributed by atoms with Crippen LogP contribution in [0.15, 0.2) is 17.0 Å². The molecular weight excluding hydrogens is 306 g/mol. The van der Waals surface area contributed by atoms with Crippen LogP contribution in [0.1, 0.15) is 23.1 Å². The fraction of sp³-hybridized carbons (Fsp3) is 0.533. The van der Waals surface area contributed by atoms with Crippen LogP contribution >= 0.6 is 0 Å². The number of hydrogen-bond donors (Lipinski definition) is 1. The van der Waals surface area contributed by atoms with Crippen LogP contribution in [-0.4, -0.2) is 49.6 Å². The van der Waals surface area contributed by atoms with E-state index in [0.29, 0.717) is 17.9 Å². The first-order chi connectivity index (χ1) is 10.2. The minimum atomic E-state index is -3.58. The van der Waals surface area contributed by atoms with Gasteiger partial charge in [-0.25, -0.2) is 13.2 Å². The van der Waals surface area contributed by atoms with Crippen molar-refractivity contribution in [1.29, 1.82) is 0 Å². The van der Waals surface area contributed by atoms with E-state index in [9.17, 15) is 13.2 Å². The summed E-state index contributed by atoms with van der Waals surface area (Å²) < 4.78 is 32.2. The second kappa shape index (κ2) is 6.36. The highest BCUT2D eigenvalue weighted by atomic mass is 32.2. The molecule has 0 spiro atoms. The van der Waals surface area contributed by atoms with E-state index >= 15 is 0 Å². The van der Waals surface area contributed by atoms with Gasteiger partial charge in [-0.3, -0.25) is 0 Å². The molecular formula is C15H21NO5S. The van der Waals surface area contributed by atoms with Gasteiger partial charge in [-0.1, -0.05) is 17.7 Å². The predicted octanol–water partition coefficient (Wildman–Crippen LogP) is 1.48. The summed E-state index contributed by atoms with van der Waals surface area (Å²) in [5.74, 6) is -1.05. The summed E-state index contributed by atoms with van der Waals surface area (Å²) in [4.78, 5) is 10.9. The van der Waals surface area contributed by atoms with Crippen LogP contribution in [0.25, 0.3) is 0 Å². The number of benzene rings is 1. The Bertz CT molecular complexity index is 660. The zero-order chi connectivity index (χ0) is 16.5. The second-order valence-corrected chi connectivity index (χ2v) is 7.58. The maximum absolute atomic E-state index is 12.8. The minimum Gasteiger partial charge on any atom is -0.480 e. The summed E-state index contributed by atoms with van der Waals surface area (Å²) >= 11 is 0. The third-order valence-corrected chi connectivity index (χ3v) is 5.92. The quantitative estimate of drug-likeness (QED) is 0.885. The highest BCUT2D eigenvalue weighted by Crippen LogP contribution is 2.28. The Kier molecular flexibility index (Phi) is 4.89. The summed E-state index contributed by atoms with van der Waals surface area (Å²) in [5.41, 5.74) is 2.48. The first-order valence-corrected chi connectivity index (χ1v) is 8.57. The fourth-order valence-corrected chi connectivity index (χ4v) is 4.84. The zero-order valence-electron chi connectivity index (χ0n) is 13.0. The van der Waals surface area contributed by atoms with Gasteiger partial charge in [0, 0.05) is 13.1 Å². The average molecular weight is 327 g/mol. The number of aryl methyl sites for hydroxylation is 3. The van der Waals surface area contributed by atoms with Crippen LogP contribution in [0.4, 0.5) is 0 Å². The molecule has 1 saturated heterocycles. The Morgan fingerprint density at radius 2 is 1.91 bits per heavy atom. The standard InChI is InChI=1S/C15H21NO5S/c1-10-6-11(2)15(12(3)7-10)22(19,20)16-5-4-13(8-16)21-9-14(17)18/h6-7,13H,4-5,8-9H2,1-3H3,(H,17,18). The molecule has 22 heavy (non-hydrogen) atoms. The van der Waals surface area contributed by atoms with Gasteiger partial charge < -0.3 is 9.84 Å². The second-order valence-electron chi connectivity index (χ2n) is 5.71. The molecule has 1 aliphatic heterocycles. The summed E-state index contributed by atoms with van der Waals surface area (Å²) in [6.07, 6.45) is 0.146. The number of ether oxygens (including phenoxy) is 1. The maximum Gasteiger partial charge on any atom is 0.329 e. The highest BCUT2D eigenvalue weighted by molar-refractivity contribution is 7.89. The smallest absolute Gasteiger partial charge is 0.329 e. The Hall–Kier alpha value is -1.44. The normalized spacial score (nSPS) is 19.5. The molecule has 0 amide bonds. The molecule has 7 heteroatoms. The summed E-state index contributed by atoms with van der Waals surface area (Å²) in [5, 5.41) is 8.62. The molecule has 0 saturated carbocycles. The molecule has 0 aliphatic carbocycles. The first kappa shape index (κ1) is 16.9. The third kappa shape index (κ3) is 3.48. The molecule has 6 nitrogen and oxygen atoms in total. The first-order valence-electron chi connectivity index (χ1n) is 7.13. The van der Waals surface area contributed by atoms with Gasteiger partial charge in [0.25, 0.3) is 0 Å². The van der Waals surface area contributed by atoms with Crippen molar-refractivity contribution in [2.75, 3.05) is 19.7 Å². The van der Waals surface area contributed by atoms with Gasteiger partial charge in [0.1, 0.15) is 6.61 Å². The SMILES string of the molecule is Cc1cc(C)c(S(=O)(=O)N2CCC(OCC(=O)O)C2)c(C)c1. The molecule has 1 heterocycles. The Morgan fingerprint density at radius 3 is 2.45 bits per heavy atom. The van der Waals surface area contributed by atoms with Gasteiger partial charge in [-0.15, -0.1) is 0 Å². The van der Waals surface area contributed by atoms with Gasteiger partial charge in [-0.2, -0.15) is 4.31 Å². The largest absolute Gasteiger partial charge is 0.480 e. The average Bonchev–Trinajstić information content (AvgIpc) is 2.84. The lowest BCUT2D eigenvalue weighted by atomic mass is 10.1. The molecule has 1 unspecified atom stereocenters. The van der Waals surface area contributed by atoms with Crippen LogP contribution in [0, 0.1) is 20.8 Å². The third-order valence-electron chi connectivity index (χ3n) is 3.75. The van der Waals surface area contributed by atoms with Crippen molar-refractivity contribution in [2.24, 2.45) is 0 Å². The Morgan fingerprint density at radius 1 is 1.32 bits per heavy atom.